The summed E-state index contributed by atoms with van der Waals surface area (Å²) in [6.07, 6.45) is 0. The lowest BCUT2D eigenvalue weighted by atomic mass is 10.1. The maximum absolute atomic E-state index is 13.0. The molecule has 1 aliphatic heterocycles. The average molecular weight is 396 g/mol. The van der Waals surface area contributed by atoms with Crippen LogP contribution in [-0.2, 0) is 4.79 Å². The number of hydrogen-bond donors (Lipinski definition) is 1. The molecular weight excluding hydrogens is 381 g/mol. The smallest absolute Gasteiger partial charge is 0.258 e. The molecule has 0 saturated heterocycles. The van der Waals surface area contributed by atoms with E-state index in [4.69, 9.17) is 14.2 Å². The molecule has 0 spiro atoms. The van der Waals surface area contributed by atoms with Crippen LogP contribution in [0.15, 0.2) is 40.9 Å². The van der Waals surface area contributed by atoms with Crippen molar-refractivity contribution in [3.05, 3.63) is 52.3 Å². The van der Waals surface area contributed by atoms with Crippen molar-refractivity contribution in [2.24, 2.45) is 0 Å². The van der Waals surface area contributed by atoms with Crippen LogP contribution in [0.1, 0.15) is 18.5 Å². The van der Waals surface area contributed by atoms with E-state index in [9.17, 15) is 9.18 Å². The summed E-state index contributed by atoms with van der Waals surface area (Å²) < 4.78 is 29.5. The predicted molar refractivity (Wildman–Crippen MR) is 88.7 cm³/mol. The second kappa shape index (κ2) is 7.09. The number of halogens is 2. The van der Waals surface area contributed by atoms with Crippen molar-refractivity contribution >= 4 is 21.8 Å². The zero-order chi connectivity index (χ0) is 17.1. The number of carbonyl (C=O) groups excluding carboxylic acids is 1. The highest BCUT2D eigenvalue weighted by Gasteiger charge is 2.17. The second-order valence-electron chi connectivity index (χ2n) is 5.27. The molecule has 126 valence electrons. The highest BCUT2D eigenvalue weighted by molar-refractivity contribution is 9.10. The predicted octanol–water partition coefficient (Wildman–Crippen LogP) is 3.57. The number of fused-ring (bicyclic) bond motifs is 1. The SMILES string of the molecule is CC(NC(=O)COc1ccc(F)cc1Br)c1ccc2c(c1)OCO2. The molecule has 0 fully saturated rings. The highest BCUT2D eigenvalue weighted by Crippen LogP contribution is 2.34. The molecule has 0 saturated carbocycles. The maximum atomic E-state index is 13.0. The zero-order valence-electron chi connectivity index (χ0n) is 12.8. The molecule has 1 aliphatic rings. The Labute approximate surface area is 146 Å². The van der Waals surface area contributed by atoms with E-state index in [1.165, 1.54) is 18.2 Å². The number of rotatable bonds is 5. The van der Waals surface area contributed by atoms with Gasteiger partial charge in [0.25, 0.3) is 5.91 Å². The first-order chi connectivity index (χ1) is 11.5. The monoisotopic (exact) mass is 395 g/mol. The summed E-state index contributed by atoms with van der Waals surface area (Å²) in [5.74, 6) is 1.11. The molecule has 2 aromatic carbocycles. The van der Waals surface area contributed by atoms with Gasteiger partial charge in [-0.15, -0.1) is 0 Å². The van der Waals surface area contributed by atoms with Crippen molar-refractivity contribution < 1.29 is 23.4 Å². The molecule has 0 aromatic heterocycles. The average Bonchev–Trinajstić information content (AvgIpc) is 3.01. The molecule has 24 heavy (non-hydrogen) atoms. The summed E-state index contributed by atoms with van der Waals surface area (Å²) >= 11 is 3.19. The molecule has 0 aliphatic carbocycles. The topological polar surface area (TPSA) is 56.8 Å². The Morgan fingerprint density at radius 3 is 2.88 bits per heavy atom. The fourth-order valence-electron chi connectivity index (χ4n) is 2.28. The van der Waals surface area contributed by atoms with E-state index < -0.39 is 0 Å². The normalized spacial score (nSPS) is 13.5. The number of hydrogen-bond acceptors (Lipinski definition) is 4. The van der Waals surface area contributed by atoms with E-state index in [2.05, 4.69) is 21.2 Å². The van der Waals surface area contributed by atoms with Crippen LogP contribution in [0.25, 0.3) is 0 Å². The Kier molecular flexibility index (Phi) is 4.89. The van der Waals surface area contributed by atoms with E-state index in [1.54, 1.807) is 0 Å². The van der Waals surface area contributed by atoms with Crippen LogP contribution in [0, 0.1) is 5.82 Å². The van der Waals surface area contributed by atoms with Crippen LogP contribution < -0.4 is 19.5 Å². The largest absolute Gasteiger partial charge is 0.483 e. The molecule has 1 N–H and O–H groups in total. The Morgan fingerprint density at radius 1 is 1.29 bits per heavy atom. The Bertz CT molecular complexity index is 768. The van der Waals surface area contributed by atoms with Crippen LogP contribution in [0.2, 0.25) is 0 Å². The van der Waals surface area contributed by atoms with Crippen molar-refractivity contribution in [1.29, 1.82) is 0 Å². The first-order valence-electron chi connectivity index (χ1n) is 7.29. The quantitative estimate of drug-likeness (QED) is 0.840. The highest BCUT2D eigenvalue weighted by atomic mass is 79.9. The fraction of sp³-hybridized carbons (Fsp3) is 0.235. The first-order valence-corrected chi connectivity index (χ1v) is 8.09. The van der Waals surface area contributed by atoms with Gasteiger partial charge in [-0.1, -0.05) is 6.07 Å². The molecule has 0 radical (unpaired) electrons. The third-order valence-electron chi connectivity index (χ3n) is 3.53. The third kappa shape index (κ3) is 3.79. The Hall–Kier alpha value is -2.28. The van der Waals surface area contributed by atoms with E-state index in [0.29, 0.717) is 21.7 Å². The lowest BCUT2D eigenvalue weighted by Gasteiger charge is -2.15. The summed E-state index contributed by atoms with van der Waals surface area (Å²) in [5.41, 5.74) is 0.899. The third-order valence-corrected chi connectivity index (χ3v) is 4.15. The molecule has 0 bridgehead atoms. The van der Waals surface area contributed by atoms with Crippen molar-refractivity contribution in [1.82, 2.24) is 5.32 Å². The number of benzene rings is 2. The maximum Gasteiger partial charge on any atom is 0.258 e. The molecular formula is C17H15BrFNO4. The molecule has 1 heterocycles. The van der Waals surface area contributed by atoms with Crippen molar-refractivity contribution in [2.75, 3.05) is 13.4 Å². The van der Waals surface area contributed by atoms with E-state index in [1.807, 2.05) is 25.1 Å². The van der Waals surface area contributed by atoms with Gasteiger partial charge in [-0.3, -0.25) is 4.79 Å². The van der Waals surface area contributed by atoms with Crippen molar-refractivity contribution in [3.8, 4) is 17.2 Å². The van der Waals surface area contributed by atoms with Gasteiger partial charge in [0.05, 0.1) is 10.5 Å². The van der Waals surface area contributed by atoms with Gasteiger partial charge < -0.3 is 19.5 Å². The molecule has 2 aromatic rings. The molecule has 3 rings (SSSR count). The first kappa shape index (κ1) is 16.6. The van der Waals surface area contributed by atoms with E-state index in [0.717, 1.165) is 5.56 Å². The minimum atomic E-state index is -0.380. The van der Waals surface area contributed by atoms with E-state index >= 15 is 0 Å². The zero-order valence-corrected chi connectivity index (χ0v) is 14.4. The summed E-state index contributed by atoms with van der Waals surface area (Å²) in [6, 6.07) is 9.32. The minimum absolute atomic E-state index is 0.168. The fourth-order valence-corrected chi connectivity index (χ4v) is 2.75. The van der Waals surface area contributed by atoms with Crippen molar-refractivity contribution in [2.45, 2.75) is 13.0 Å². The molecule has 1 amide bonds. The van der Waals surface area contributed by atoms with Crippen LogP contribution in [0.5, 0.6) is 17.2 Å². The molecule has 1 atom stereocenters. The minimum Gasteiger partial charge on any atom is -0.483 e. The van der Waals surface area contributed by atoms with Gasteiger partial charge in [-0.25, -0.2) is 4.39 Å². The van der Waals surface area contributed by atoms with Gasteiger partial charge in [-0.05, 0) is 58.7 Å². The summed E-state index contributed by atoms with van der Waals surface area (Å²) in [7, 11) is 0. The van der Waals surface area contributed by atoms with Gasteiger partial charge >= 0.3 is 0 Å². The summed E-state index contributed by atoms with van der Waals surface area (Å²) in [5, 5.41) is 2.84. The molecule has 5 nitrogen and oxygen atoms in total. The number of carbonyl (C=O) groups is 1. The van der Waals surface area contributed by atoms with Gasteiger partial charge in [0, 0.05) is 0 Å². The Balaban J connectivity index is 1.56. The number of nitrogens with one attached hydrogen (secondary N) is 1. The lowest BCUT2D eigenvalue weighted by molar-refractivity contribution is -0.123. The molecule has 1 unspecified atom stereocenters. The van der Waals surface area contributed by atoms with Gasteiger partial charge in [0.1, 0.15) is 11.6 Å². The van der Waals surface area contributed by atoms with Gasteiger partial charge in [-0.2, -0.15) is 0 Å². The van der Waals surface area contributed by atoms with Crippen LogP contribution in [0.4, 0.5) is 4.39 Å². The van der Waals surface area contributed by atoms with Crippen LogP contribution in [-0.4, -0.2) is 19.3 Å². The number of ether oxygens (including phenoxy) is 3. The van der Waals surface area contributed by atoms with Gasteiger partial charge in [0.2, 0.25) is 6.79 Å². The standard InChI is InChI=1S/C17H15BrFNO4/c1-10(11-2-4-15-16(6-11)24-9-23-15)20-17(21)8-22-14-5-3-12(19)7-13(14)18/h2-7,10H,8-9H2,1H3,(H,20,21). The lowest BCUT2D eigenvalue weighted by Crippen LogP contribution is -2.31. The van der Waals surface area contributed by atoms with E-state index in [-0.39, 0.29) is 31.2 Å². The van der Waals surface area contributed by atoms with Crippen molar-refractivity contribution in [3.63, 3.8) is 0 Å². The second-order valence-corrected chi connectivity index (χ2v) is 6.12. The summed E-state index contributed by atoms with van der Waals surface area (Å²) in [6.45, 7) is 1.91. The van der Waals surface area contributed by atoms with Gasteiger partial charge in [0.15, 0.2) is 18.1 Å². The van der Waals surface area contributed by atoms with Crippen LogP contribution >= 0.6 is 15.9 Å². The van der Waals surface area contributed by atoms with Crippen LogP contribution in [0.3, 0.4) is 0 Å². The molecule has 7 heteroatoms. The Morgan fingerprint density at radius 2 is 2.08 bits per heavy atom. The number of amides is 1. The summed E-state index contributed by atoms with van der Waals surface area (Å²) in [4.78, 5) is 12.0.